The van der Waals surface area contributed by atoms with E-state index in [4.69, 9.17) is 0 Å². The van der Waals surface area contributed by atoms with E-state index in [1.54, 1.807) is 0 Å². The molecule has 0 unspecified atom stereocenters. The van der Waals surface area contributed by atoms with Gasteiger partial charge in [0.05, 0.1) is 0 Å². The van der Waals surface area contributed by atoms with Gasteiger partial charge >= 0.3 is 59.6 Å². The van der Waals surface area contributed by atoms with E-state index in [1.165, 1.54) is 12.8 Å². The van der Waals surface area contributed by atoms with Crippen LogP contribution in [0.2, 0.25) is 5.31 Å². The number of hydrogen-bond donors (Lipinski definition) is 0. The molecule has 0 amide bonds. The number of rotatable bonds is 4. The fraction of sp³-hybridized carbons (Fsp3) is 0.857. The standard InChI is InChI=1S/C7H16B2/c1-4-5-7(2,3)9-6-8/h6,8-9H,4-5H2,1-3H3. The van der Waals surface area contributed by atoms with Gasteiger partial charge in [-0.1, -0.05) is 0 Å². The van der Waals surface area contributed by atoms with Crippen molar-refractivity contribution in [3.63, 3.8) is 0 Å². The molecular weight excluding hydrogens is 106 g/mol. The summed E-state index contributed by atoms with van der Waals surface area (Å²) in [6.45, 7) is 6.81. The molecule has 0 aliphatic carbocycles. The van der Waals surface area contributed by atoms with E-state index in [9.17, 15) is 0 Å². The quantitative estimate of drug-likeness (QED) is 0.489. The summed E-state index contributed by atoms with van der Waals surface area (Å²) in [6.07, 6.45) is 2.58. The number of hydrogen-bond acceptors (Lipinski definition) is 0. The fourth-order valence-corrected chi connectivity index (χ4v) is 1.17. The van der Waals surface area contributed by atoms with Crippen molar-refractivity contribution in [2.45, 2.75) is 38.9 Å². The first-order chi connectivity index (χ1) is 4.12. The van der Waals surface area contributed by atoms with Gasteiger partial charge in [0.1, 0.15) is 0 Å². The minimum absolute atomic E-state index is 0.483. The van der Waals surface area contributed by atoms with Crippen LogP contribution in [0.15, 0.2) is 0 Å². The van der Waals surface area contributed by atoms with E-state index in [-0.39, 0.29) is 0 Å². The zero-order valence-corrected chi connectivity index (χ0v) is 6.91. The van der Waals surface area contributed by atoms with E-state index in [2.05, 4.69) is 28.3 Å². The molecule has 2 heteroatoms. The molecule has 0 N–H and O–H groups in total. The molecule has 0 heterocycles. The molecule has 0 spiro atoms. The summed E-state index contributed by atoms with van der Waals surface area (Å²) in [7, 11) is 4.87. The van der Waals surface area contributed by atoms with Crippen LogP contribution >= 0.6 is 0 Å². The van der Waals surface area contributed by atoms with Crippen LogP contribution in [0.25, 0.3) is 0 Å². The zero-order chi connectivity index (χ0) is 7.33. The molecule has 0 fully saturated rings. The van der Waals surface area contributed by atoms with Gasteiger partial charge in [-0.2, -0.15) is 0 Å². The van der Waals surface area contributed by atoms with E-state index in [0.717, 1.165) is 7.28 Å². The van der Waals surface area contributed by atoms with Crippen LogP contribution in [0, 0.1) is 0 Å². The Labute approximate surface area is 60.4 Å². The summed E-state index contributed by atoms with van der Waals surface area (Å²) in [4.78, 5) is 0. The van der Waals surface area contributed by atoms with Crippen molar-refractivity contribution in [1.29, 1.82) is 0 Å². The maximum atomic E-state index is 3.73. The van der Waals surface area contributed by atoms with Crippen molar-refractivity contribution >= 4 is 20.6 Å². The van der Waals surface area contributed by atoms with Crippen LogP contribution in [-0.4, -0.2) is 20.6 Å². The summed E-state index contributed by atoms with van der Waals surface area (Å²) < 4.78 is 0. The molecule has 0 aliphatic heterocycles. The van der Waals surface area contributed by atoms with Crippen LogP contribution < -0.4 is 0 Å². The van der Waals surface area contributed by atoms with Crippen molar-refractivity contribution in [2.75, 3.05) is 0 Å². The molecule has 0 aromatic heterocycles. The molecule has 0 saturated carbocycles. The van der Waals surface area contributed by atoms with Gasteiger partial charge in [0, 0.05) is 0 Å². The van der Waals surface area contributed by atoms with Gasteiger partial charge < -0.3 is 0 Å². The van der Waals surface area contributed by atoms with E-state index < -0.39 is 0 Å². The second-order valence-electron chi connectivity index (χ2n) is 3.41. The SMILES string of the molecule is B=CBC(C)(C)CCC. The average Bonchev–Trinajstić information content (AvgIpc) is 1.64. The summed E-state index contributed by atoms with van der Waals surface area (Å²) in [5.41, 5.74) is 0. The molecule has 0 aromatic carbocycles. The molecule has 0 nitrogen and oxygen atoms in total. The molecule has 0 saturated heterocycles. The second kappa shape index (κ2) is 3.92. The van der Waals surface area contributed by atoms with Crippen molar-refractivity contribution in [1.82, 2.24) is 0 Å². The molecule has 50 valence electrons. The van der Waals surface area contributed by atoms with Gasteiger partial charge in [0.2, 0.25) is 0 Å². The Kier molecular flexibility index (Phi) is 3.92. The Morgan fingerprint density at radius 3 is 2.44 bits per heavy atom. The molecule has 0 radical (unpaired) electrons. The van der Waals surface area contributed by atoms with Gasteiger partial charge in [0.15, 0.2) is 0 Å². The molecular formula is C7H16B2. The van der Waals surface area contributed by atoms with Crippen LogP contribution in [0.5, 0.6) is 0 Å². The van der Waals surface area contributed by atoms with Crippen LogP contribution in [-0.2, 0) is 0 Å². The third kappa shape index (κ3) is 4.50. The van der Waals surface area contributed by atoms with Gasteiger partial charge in [-0.05, 0) is 0 Å². The van der Waals surface area contributed by atoms with Crippen LogP contribution in [0.4, 0.5) is 0 Å². The van der Waals surface area contributed by atoms with Crippen molar-refractivity contribution in [3.8, 4) is 0 Å². The first kappa shape index (κ1) is 9.00. The van der Waals surface area contributed by atoms with Crippen LogP contribution in [0.3, 0.4) is 0 Å². The average molecular weight is 122 g/mol. The predicted octanol–water partition coefficient (Wildman–Crippen LogP) is 1.08. The third-order valence-electron chi connectivity index (χ3n) is 1.62. The molecule has 0 bridgehead atoms. The van der Waals surface area contributed by atoms with Gasteiger partial charge in [-0.15, -0.1) is 0 Å². The fourth-order valence-electron chi connectivity index (χ4n) is 1.17. The van der Waals surface area contributed by atoms with Gasteiger partial charge in [-0.25, -0.2) is 0 Å². The van der Waals surface area contributed by atoms with Crippen molar-refractivity contribution in [3.05, 3.63) is 0 Å². The molecule has 0 rings (SSSR count). The normalized spacial score (nSPS) is 10.9. The Balaban J connectivity index is 3.55. The zero-order valence-electron chi connectivity index (χ0n) is 6.91. The maximum absolute atomic E-state index is 3.73. The van der Waals surface area contributed by atoms with Crippen molar-refractivity contribution < 1.29 is 0 Å². The summed E-state index contributed by atoms with van der Waals surface area (Å²) in [5.74, 6) is 2.01. The second-order valence-corrected chi connectivity index (χ2v) is 3.41. The van der Waals surface area contributed by atoms with Gasteiger partial charge in [0.25, 0.3) is 0 Å². The monoisotopic (exact) mass is 122 g/mol. The Hall–Kier alpha value is -0.000130. The van der Waals surface area contributed by atoms with Crippen molar-refractivity contribution in [2.24, 2.45) is 0 Å². The summed E-state index contributed by atoms with van der Waals surface area (Å²) >= 11 is 0. The minimum atomic E-state index is 0.483. The Bertz CT molecular complexity index is 86.9. The first-order valence-corrected chi connectivity index (χ1v) is 3.73. The Morgan fingerprint density at radius 1 is 1.56 bits per heavy atom. The Morgan fingerprint density at radius 2 is 2.11 bits per heavy atom. The summed E-state index contributed by atoms with van der Waals surface area (Å²) in [6, 6.07) is 0. The topological polar surface area (TPSA) is 0 Å². The molecule has 9 heavy (non-hydrogen) atoms. The van der Waals surface area contributed by atoms with E-state index in [0.29, 0.717) is 5.31 Å². The molecule has 0 atom stereocenters. The van der Waals surface area contributed by atoms with Crippen LogP contribution in [0.1, 0.15) is 33.6 Å². The third-order valence-corrected chi connectivity index (χ3v) is 1.62. The van der Waals surface area contributed by atoms with Gasteiger partial charge in [-0.3, -0.25) is 0 Å². The van der Waals surface area contributed by atoms with E-state index in [1.807, 2.05) is 5.87 Å². The molecule has 0 aromatic rings. The summed E-state index contributed by atoms with van der Waals surface area (Å²) in [5, 5.41) is 0.483. The molecule has 0 aliphatic rings. The van der Waals surface area contributed by atoms with E-state index >= 15 is 0 Å². The predicted molar refractivity (Wildman–Crippen MR) is 49.3 cm³/mol. The first-order valence-electron chi connectivity index (χ1n) is 3.73.